The van der Waals surface area contributed by atoms with E-state index in [1.54, 1.807) is 24.3 Å². The molecule has 5 rings (SSSR count). The second kappa shape index (κ2) is 7.92. The Labute approximate surface area is 201 Å². The molecule has 3 aliphatic rings. The van der Waals surface area contributed by atoms with E-state index in [9.17, 15) is 19.2 Å². The number of nitrogens with two attached hydrogens (primary N) is 2. The quantitative estimate of drug-likeness (QED) is 0.553. The molecule has 0 saturated carbocycles. The fraction of sp³-hybridized carbons (Fsp3) is 0.360. The van der Waals surface area contributed by atoms with E-state index in [4.69, 9.17) is 17.3 Å². The summed E-state index contributed by atoms with van der Waals surface area (Å²) in [5.41, 5.74) is 8.12. The molecule has 4 atom stereocenters. The molecule has 34 heavy (non-hydrogen) atoms. The van der Waals surface area contributed by atoms with E-state index < -0.39 is 35.2 Å². The van der Waals surface area contributed by atoms with Gasteiger partial charge in [-0.1, -0.05) is 35.9 Å². The molecule has 0 aromatic heterocycles. The number of fused-ring (bicyclic) bond motifs is 4. The smallest absolute Gasteiger partial charge is 0.291 e. The van der Waals surface area contributed by atoms with E-state index in [2.05, 4.69) is 5.32 Å². The van der Waals surface area contributed by atoms with E-state index in [1.165, 1.54) is 4.90 Å². The van der Waals surface area contributed by atoms with Crippen LogP contribution < -0.4 is 16.4 Å². The third-order valence-corrected chi connectivity index (χ3v) is 8.05. The number of carbonyl (C=O) groups is 4. The lowest BCUT2D eigenvalue weighted by Crippen LogP contribution is -2.99. The van der Waals surface area contributed by atoms with Crippen molar-refractivity contribution >= 4 is 40.9 Å². The number of carbonyl (C=O) groups excluding carboxylic acids is 4. The predicted molar refractivity (Wildman–Crippen MR) is 124 cm³/mol. The first-order chi connectivity index (χ1) is 16.2. The number of quaternary nitrogens is 1. The van der Waals surface area contributed by atoms with Gasteiger partial charge in [-0.25, -0.2) is 0 Å². The van der Waals surface area contributed by atoms with E-state index in [-0.39, 0.29) is 24.8 Å². The minimum atomic E-state index is -1.28. The molecular formula is C25H26ClN4O4+. The lowest BCUT2D eigenvalue weighted by Gasteiger charge is -2.26. The van der Waals surface area contributed by atoms with Crippen LogP contribution in [-0.4, -0.2) is 34.6 Å². The molecule has 3 aliphatic heterocycles. The summed E-state index contributed by atoms with van der Waals surface area (Å²) in [4.78, 5) is 53.8. The van der Waals surface area contributed by atoms with Gasteiger partial charge in [0.25, 0.3) is 5.91 Å². The van der Waals surface area contributed by atoms with E-state index in [1.807, 2.05) is 31.3 Å². The van der Waals surface area contributed by atoms with Gasteiger partial charge in [-0.15, -0.1) is 0 Å². The van der Waals surface area contributed by atoms with Crippen LogP contribution >= 0.6 is 11.6 Å². The topological polar surface area (TPSA) is 126 Å². The number of imide groups is 1. The number of rotatable bonds is 5. The van der Waals surface area contributed by atoms with Gasteiger partial charge in [0.1, 0.15) is 17.9 Å². The lowest BCUT2D eigenvalue weighted by molar-refractivity contribution is -0.734. The van der Waals surface area contributed by atoms with Crippen LogP contribution in [0, 0.1) is 25.7 Å². The highest BCUT2D eigenvalue weighted by atomic mass is 35.5. The van der Waals surface area contributed by atoms with Gasteiger partial charge in [-0.05, 0) is 42.7 Å². The summed E-state index contributed by atoms with van der Waals surface area (Å²) >= 11 is 6.30. The third kappa shape index (κ3) is 3.09. The Kier molecular flexibility index (Phi) is 5.26. The normalized spacial score (nSPS) is 27.3. The number of nitrogens with zero attached hydrogens (tertiary/aromatic N) is 1. The molecule has 4 amide bonds. The van der Waals surface area contributed by atoms with Crippen LogP contribution in [0.2, 0.25) is 5.02 Å². The molecule has 8 nitrogen and oxygen atoms in total. The number of hydrogen-bond acceptors (Lipinski definition) is 4. The minimum Gasteiger partial charge on any atom is -0.370 e. The van der Waals surface area contributed by atoms with Crippen LogP contribution in [-0.2, 0) is 31.3 Å². The molecule has 3 heterocycles. The average molecular weight is 482 g/mol. The minimum absolute atomic E-state index is 0.0321. The Bertz CT molecular complexity index is 1260. The number of likely N-dealkylation sites (tertiary alicyclic amines) is 1. The SMILES string of the molecule is Cc1ccc2c(c1C)NC(=O)[C@@]21[NH2+][C@@H](CCC(N)=O)[C@H]2C(=O)N(Cc3ccccc3Cl)C(=O)[C@H]21. The molecule has 2 fully saturated rings. The molecule has 0 aliphatic carbocycles. The van der Waals surface area contributed by atoms with Gasteiger partial charge in [-0.2, -0.15) is 0 Å². The first-order valence-electron chi connectivity index (χ1n) is 11.3. The maximum Gasteiger partial charge on any atom is 0.291 e. The maximum atomic E-state index is 13.8. The van der Waals surface area contributed by atoms with Crippen molar-refractivity contribution in [2.75, 3.05) is 5.32 Å². The Morgan fingerprint density at radius 3 is 2.59 bits per heavy atom. The van der Waals surface area contributed by atoms with Crippen LogP contribution in [0.5, 0.6) is 0 Å². The predicted octanol–water partition coefficient (Wildman–Crippen LogP) is 1.12. The highest BCUT2D eigenvalue weighted by Gasteiger charge is 2.74. The van der Waals surface area contributed by atoms with Crippen molar-refractivity contribution in [1.82, 2.24) is 4.90 Å². The molecular weight excluding hydrogens is 456 g/mol. The van der Waals surface area contributed by atoms with Crippen molar-refractivity contribution in [3.05, 3.63) is 63.7 Å². The number of anilines is 1. The largest absolute Gasteiger partial charge is 0.370 e. The second-order valence-corrected chi connectivity index (χ2v) is 9.85. The number of benzene rings is 2. The summed E-state index contributed by atoms with van der Waals surface area (Å²) in [5.74, 6) is -3.17. The van der Waals surface area contributed by atoms with Crippen LogP contribution in [0.15, 0.2) is 36.4 Å². The van der Waals surface area contributed by atoms with Crippen molar-refractivity contribution in [3.8, 4) is 0 Å². The molecule has 0 radical (unpaired) electrons. The lowest BCUT2D eigenvalue weighted by atomic mass is 9.76. The van der Waals surface area contributed by atoms with E-state index in [0.717, 1.165) is 11.1 Å². The number of nitrogens with one attached hydrogen (secondary N) is 1. The van der Waals surface area contributed by atoms with Gasteiger partial charge in [0, 0.05) is 23.4 Å². The zero-order chi connectivity index (χ0) is 24.4. The average Bonchev–Trinajstić information content (AvgIpc) is 3.37. The van der Waals surface area contributed by atoms with Crippen molar-refractivity contribution < 1.29 is 24.5 Å². The molecule has 1 spiro atoms. The Morgan fingerprint density at radius 2 is 1.88 bits per heavy atom. The van der Waals surface area contributed by atoms with Crippen molar-refractivity contribution in [2.24, 2.45) is 17.6 Å². The summed E-state index contributed by atoms with van der Waals surface area (Å²) in [6.45, 7) is 3.92. The highest BCUT2D eigenvalue weighted by Crippen LogP contribution is 2.50. The molecule has 176 valence electrons. The van der Waals surface area contributed by atoms with Crippen LogP contribution in [0.4, 0.5) is 5.69 Å². The van der Waals surface area contributed by atoms with Gasteiger partial charge in [0.15, 0.2) is 0 Å². The third-order valence-electron chi connectivity index (χ3n) is 7.68. The highest BCUT2D eigenvalue weighted by molar-refractivity contribution is 6.31. The standard InChI is InChI=1S/C25H25ClN4O4/c1-12-7-8-15-21(13(12)2)28-24(34)25(15)20-19(17(29-25)9-10-18(27)31)22(32)30(23(20)33)11-14-5-3-4-6-16(14)26/h3-8,17,19-20,29H,9-11H2,1-2H3,(H2,27,31)(H,28,34)/p+1/t17-,19+,20-,25+/m0/s1. The molecule has 0 bridgehead atoms. The van der Waals surface area contributed by atoms with Gasteiger partial charge in [-0.3, -0.25) is 24.1 Å². The molecule has 5 N–H and O–H groups in total. The van der Waals surface area contributed by atoms with E-state index in [0.29, 0.717) is 28.3 Å². The summed E-state index contributed by atoms with van der Waals surface area (Å²) in [7, 11) is 0. The monoisotopic (exact) mass is 481 g/mol. The second-order valence-electron chi connectivity index (χ2n) is 9.45. The summed E-state index contributed by atoms with van der Waals surface area (Å²) in [6, 6.07) is 10.4. The van der Waals surface area contributed by atoms with Crippen molar-refractivity contribution in [1.29, 1.82) is 0 Å². The van der Waals surface area contributed by atoms with Crippen LogP contribution in [0.3, 0.4) is 0 Å². The van der Waals surface area contributed by atoms with Gasteiger partial charge < -0.3 is 16.4 Å². The molecule has 2 saturated heterocycles. The zero-order valence-electron chi connectivity index (χ0n) is 18.9. The number of amides is 4. The fourth-order valence-corrected chi connectivity index (χ4v) is 6.06. The Morgan fingerprint density at radius 1 is 1.15 bits per heavy atom. The van der Waals surface area contributed by atoms with Gasteiger partial charge in [0.2, 0.25) is 23.3 Å². The Hall–Kier alpha value is -3.23. The van der Waals surface area contributed by atoms with Gasteiger partial charge in [0.05, 0.1) is 12.2 Å². The number of primary amides is 1. The first kappa shape index (κ1) is 22.6. The zero-order valence-corrected chi connectivity index (χ0v) is 19.7. The Balaban J connectivity index is 1.61. The van der Waals surface area contributed by atoms with E-state index >= 15 is 0 Å². The van der Waals surface area contributed by atoms with Crippen LogP contribution in [0.25, 0.3) is 0 Å². The van der Waals surface area contributed by atoms with Crippen molar-refractivity contribution in [3.63, 3.8) is 0 Å². The molecule has 2 aromatic rings. The fourth-order valence-electron chi connectivity index (χ4n) is 5.87. The number of hydrogen-bond donors (Lipinski definition) is 3. The number of aryl methyl sites for hydroxylation is 1. The maximum absolute atomic E-state index is 13.8. The van der Waals surface area contributed by atoms with Gasteiger partial charge >= 0.3 is 0 Å². The van der Waals surface area contributed by atoms with Crippen LogP contribution in [0.1, 0.15) is 35.1 Å². The van der Waals surface area contributed by atoms with Crippen molar-refractivity contribution in [2.45, 2.75) is 44.8 Å². The molecule has 2 aromatic carbocycles. The first-order valence-corrected chi connectivity index (χ1v) is 11.7. The number of halogens is 1. The molecule has 0 unspecified atom stereocenters. The molecule has 9 heteroatoms. The summed E-state index contributed by atoms with van der Waals surface area (Å²) in [5, 5.41) is 5.26. The summed E-state index contributed by atoms with van der Waals surface area (Å²) < 4.78 is 0. The summed E-state index contributed by atoms with van der Waals surface area (Å²) in [6.07, 6.45) is 0.360.